The van der Waals surface area contributed by atoms with Gasteiger partial charge in [0.1, 0.15) is 0 Å². The molecule has 7 nitrogen and oxygen atoms in total. The minimum Gasteiger partial charge on any atom is -0.469 e. The fraction of sp³-hybridized carbons (Fsp3) is 0.556. The van der Waals surface area contributed by atoms with Gasteiger partial charge in [-0.2, -0.15) is 0 Å². The molecule has 1 aliphatic rings. The zero-order chi connectivity index (χ0) is 19.4. The van der Waals surface area contributed by atoms with E-state index in [9.17, 15) is 18.0 Å². The summed E-state index contributed by atoms with van der Waals surface area (Å²) in [5.74, 6) is -0.785. The van der Waals surface area contributed by atoms with Gasteiger partial charge in [0, 0.05) is 17.5 Å². The molecular formula is C18H26N2O5S. The number of methoxy groups -OCH3 is 1. The molecule has 1 aromatic carbocycles. The minimum atomic E-state index is -3.27. The fourth-order valence-corrected chi connectivity index (χ4v) is 3.97. The Kier molecular flexibility index (Phi) is 6.41. The lowest BCUT2D eigenvalue weighted by Crippen LogP contribution is -2.55. The third-order valence-corrected chi connectivity index (χ3v) is 6.04. The largest absolute Gasteiger partial charge is 0.469 e. The molecule has 1 aliphatic carbocycles. The van der Waals surface area contributed by atoms with Gasteiger partial charge in [0.25, 0.3) is 0 Å². The van der Waals surface area contributed by atoms with Gasteiger partial charge in [-0.3, -0.25) is 9.59 Å². The van der Waals surface area contributed by atoms with Crippen LogP contribution in [-0.4, -0.2) is 45.7 Å². The van der Waals surface area contributed by atoms with Gasteiger partial charge in [-0.1, -0.05) is 12.8 Å². The molecule has 8 heteroatoms. The van der Waals surface area contributed by atoms with Crippen molar-refractivity contribution >= 4 is 27.4 Å². The Morgan fingerprint density at radius 1 is 1.23 bits per heavy atom. The summed E-state index contributed by atoms with van der Waals surface area (Å²) in [5, 5.41) is 5.93. The number of hydrogen-bond donors (Lipinski definition) is 2. The van der Waals surface area contributed by atoms with Gasteiger partial charge in [-0.05, 0) is 44.0 Å². The summed E-state index contributed by atoms with van der Waals surface area (Å²) in [6.45, 7) is 2.00. The number of benzene rings is 1. The number of ether oxygens (including phenoxy) is 1. The van der Waals surface area contributed by atoms with Crippen LogP contribution in [0.5, 0.6) is 0 Å². The number of anilines is 1. The molecule has 2 N–H and O–H groups in total. The van der Waals surface area contributed by atoms with Gasteiger partial charge in [0.15, 0.2) is 9.84 Å². The van der Waals surface area contributed by atoms with Gasteiger partial charge in [-0.25, -0.2) is 8.42 Å². The Morgan fingerprint density at radius 3 is 2.46 bits per heavy atom. The van der Waals surface area contributed by atoms with Crippen LogP contribution >= 0.6 is 0 Å². The number of esters is 1. The van der Waals surface area contributed by atoms with Crippen molar-refractivity contribution in [3.05, 3.63) is 24.3 Å². The molecule has 0 aromatic heterocycles. The maximum atomic E-state index is 12.2. The predicted octanol–water partition coefficient (Wildman–Crippen LogP) is 1.74. The fourth-order valence-electron chi connectivity index (χ4n) is 3.34. The van der Waals surface area contributed by atoms with Gasteiger partial charge in [0.2, 0.25) is 5.91 Å². The predicted molar refractivity (Wildman–Crippen MR) is 98.6 cm³/mol. The van der Waals surface area contributed by atoms with E-state index in [1.54, 1.807) is 12.1 Å². The van der Waals surface area contributed by atoms with Crippen molar-refractivity contribution in [2.45, 2.75) is 43.0 Å². The zero-order valence-electron chi connectivity index (χ0n) is 15.4. The Morgan fingerprint density at radius 2 is 1.88 bits per heavy atom. The summed E-state index contributed by atoms with van der Waals surface area (Å²) in [6, 6.07) is 6.00. The molecule has 2 atom stereocenters. The van der Waals surface area contributed by atoms with Crippen LogP contribution in [0.15, 0.2) is 29.2 Å². The first-order chi connectivity index (χ1) is 12.2. The first-order valence-corrected chi connectivity index (χ1v) is 10.5. The lowest BCUT2D eigenvalue weighted by molar-refractivity contribution is -0.150. The van der Waals surface area contributed by atoms with Crippen LogP contribution in [0.25, 0.3) is 0 Å². The summed E-state index contributed by atoms with van der Waals surface area (Å²) < 4.78 is 27.8. The Bertz CT molecular complexity index is 760. The zero-order valence-corrected chi connectivity index (χ0v) is 16.2. The van der Waals surface area contributed by atoms with E-state index in [0.29, 0.717) is 5.69 Å². The van der Waals surface area contributed by atoms with Crippen molar-refractivity contribution in [3.8, 4) is 0 Å². The van der Waals surface area contributed by atoms with Crippen LogP contribution in [0.1, 0.15) is 32.6 Å². The van der Waals surface area contributed by atoms with E-state index in [-0.39, 0.29) is 29.2 Å². The van der Waals surface area contributed by atoms with E-state index >= 15 is 0 Å². The average Bonchev–Trinajstić information content (AvgIpc) is 2.59. The van der Waals surface area contributed by atoms with E-state index in [1.807, 2.05) is 6.92 Å². The first kappa shape index (κ1) is 20.4. The minimum absolute atomic E-state index is 0.0534. The average molecular weight is 382 g/mol. The smallest absolute Gasteiger partial charge is 0.310 e. The summed E-state index contributed by atoms with van der Waals surface area (Å²) in [4.78, 5) is 24.4. The number of carbonyl (C=O) groups excluding carboxylic acids is 2. The summed E-state index contributed by atoms with van der Waals surface area (Å²) in [5.41, 5.74) is 0.0329. The highest BCUT2D eigenvalue weighted by Gasteiger charge is 2.41. The van der Waals surface area contributed by atoms with Crippen molar-refractivity contribution in [1.82, 2.24) is 5.32 Å². The second kappa shape index (κ2) is 8.18. The number of rotatable bonds is 6. The van der Waals surface area contributed by atoms with Crippen molar-refractivity contribution in [3.63, 3.8) is 0 Å². The van der Waals surface area contributed by atoms with Crippen molar-refractivity contribution in [2.75, 3.05) is 25.2 Å². The molecule has 26 heavy (non-hydrogen) atoms. The standard InChI is InChI=1S/C18H26N2O5S/c1-18(11-5-4-6-15(18)17(22)25-2)19-12-16(21)20-13-7-9-14(10-8-13)26(3,23)24/h7-10,15,19H,4-6,11-12H2,1-3H3,(H,20,21)/t15-,18+/m0/s1. The first-order valence-electron chi connectivity index (χ1n) is 8.58. The number of nitrogens with one attached hydrogen (secondary N) is 2. The Labute approximate surface area is 154 Å². The SMILES string of the molecule is COC(=O)[C@@H]1CCCC[C@@]1(C)NCC(=O)Nc1ccc(S(C)(=O)=O)cc1. The molecule has 1 aromatic rings. The maximum Gasteiger partial charge on any atom is 0.310 e. The molecule has 1 saturated carbocycles. The van der Waals surface area contributed by atoms with Crippen LogP contribution < -0.4 is 10.6 Å². The van der Waals surface area contributed by atoms with E-state index in [4.69, 9.17) is 4.74 Å². The van der Waals surface area contributed by atoms with Gasteiger partial charge in [-0.15, -0.1) is 0 Å². The Balaban J connectivity index is 1.96. The number of carbonyl (C=O) groups is 2. The highest BCUT2D eigenvalue weighted by atomic mass is 32.2. The lowest BCUT2D eigenvalue weighted by Gasteiger charge is -2.40. The molecule has 0 aliphatic heterocycles. The van der Waals surface area contributed by atoms with E-state index < -0.39 is 15.4 Å². The van der Waals surface area contributed by atoms with Crippen LogP contribution in [-0.2, 0) is 24.2 Å². The Hall–Kier alpha value is -1.93. The maximum absolute atomic E-state index is 12.2. The molecule has 0 bridgehead atoms. The second-order valence-corrected chi connectivity index (χ2v) is 8.95. The molecule has 1 amide bonds. The van der Waals surface area contributed by atoms with Crippen LogP contribution in [0.4, 0.5) is 5.69 Å². The normalized spacial score (nSPS) is 23.3. The highest BCUT2D eigenvalue weighted by molar-refractivity contribution is 7.90. The highest BCUT2D eigenvalue weighted by Crippen LogP contribution is 2.34. The molecule has 0 spiro atoms. The van der Waals surface area contributed by atoms with Crippen LogP contribution in [0, 0.1) is 5.92 Å². The monoisotopic (exact) mass is 382 g/mol. The quantitative estimate of drug-likeness (QED) is 0.727. The third-order valence-electron chi connectivity index (χ3n) is 4.91. The van der Waals surface area contributed by atoms with Crippen molar-refractivity contribution < 1.29 is 22.7 Å². The molecular weight excluding hydrogens is 356 g/mol. The summed E-state index contributed by atoms with van der Waals surface area (Å²) in [7, 11) is -1.89. The van der Waals surface area contributed by atoms with Crippen LogP contribution in [0.2, 0.25) is 0 Å². The van der Waals surface area contributed by atoms with Crippen LogP contribution in [0.3, 0.4) is 0 Å². The van der Waals surface area contributed by atoms with Gasteiger partial charge >= 0.3 is 5.97 Å². The molecule has 0 heterocycles. The molecule has 144 valence electrons. The summed E-state index contributed by atoms with van der Waals surface area (Å²) in [6.07, 6.45) is 4.63. The molecule has 0 radical (unpaired) electrons. The van der Waals surface area contributed by atoms with Gasteiger partial charge in [0.05, 0.1) is 24.5 Å². The third kappa shape index (κ3) is 5.04. The molecule has 2 rings (SSSR count). The second-order valence-electron chi connectivity index (χ2n) is 6.94. The topological polar surface area (TPSA) is 102 Å². The van der Waals surface area contributed by atoms with E-state index in [2.05, 4.69) is 10.6 Å². The molecule has 1 fully saturated rings. The van der Waals surface area contributed by atoms with E-state index in [0.717, 1.165) is 31.9 Å². The summed E-state index contributed by atoms with van der Waals surface area (Å²) >= 11 is 0. The van der Waals surface area contributed by atoms with E-state index in [1.165, 1.54) is 19.2 Å². The lowest BCUT2D eigenvalue weighted by atomic mass is 9.74. The van der Waals surface area contributed by atoms with Crippen molar-refractivity contribution in [2.24, 2.45) is 5.92 Å². The molecule has 0 unspecified atom stereocenters. The molecule has 0 saturated heterocycles. The number of amides is 1. The van der Waals surface area contributed by atoms with Gasteiger partial charge < -0.3 is 15.4 Å². The van der Waals surface area contributed by atoms with Crippen molar-refractivity contribution in [1.29, 1.82) is 0 Å². The number of hydrogen-bond acceptors (Lipinski definition) is 6. The number of sulfone groups is 1.